The Bertz CT molecular complexity index is 758. The zero-order valence-corrected chi connectivity index (χ0v) is 16.3. The summed E-state index contributed by atoms with van der Waals surface area (Å²) in [5.41, 5.74) is 0. The van der Waals surface area contributed by atoms with Gasteiger partial charge in [-0.05, 0) is 26.0 Å². The minimum absolute atomic E-state index is 0.0961. The molecule has 0 saturated carbocycles. The van der Waals surface area contributed by atoms with Crippen molar-refractivity contribution in [3.05, 3.63) is 30.3 Å². The van der Waals surface area contributed by atoms with Crippen molar-refractivity contribution < 1.29 is 31.3 Å². The number of carbonyl (C=O) groups excluding carboxylic acids is 1. The number of carbonyl (C=O) groups is 1. The predicted molar refractivity (Wildman–Crippen MR) is 93.0 cm³/mol. The van der Waals surface area contributed by atoms with Crippen LogP contribution in [-0.4, -0.2) is 65.6 Å². The summed E-state index contributed by atoms with van der Waals surface area (Å²) in [4.78, 5) is 12.9. The molecule has 0 radical (unpaired) electrons. The number of nitrogens with zero attached hydrogens (tertiary/aromatic N) is 1. The van der Waals surface area contributed by atoms with Crippen LogP contribution in [0, 0.1) is 0 Å². The zero-order chi connectivity index (χ0) is 19.1. The summed E-state index contributed by atoms with van der Waals surface area (Å²) in [6.45, 7) is 5.51. The lowest BCUT2D eigenvalue weighted by Crippen LogP contribution is -3.11. The second-order valence-electron chi connectivity index (χ2n) is 5.44. The van der Waals surface area contributed by atoms with Gasteiger partial charge in [0.05, 0.1) is 24.2 Å². The lowest BCUT2D eigenvalue weighted by molar-refractivity contribution is -0.896. The fourth-order valence-corrected chi connectivity index (χ4v) is 5.19. The molecule has 0 aromatic heterocycles. The number of hydrogen-bond donors (Lipinski definition) is 1. The number of ether oxygens (including phenoxy) is 1. The van der Waals surface area contributed by atoms with E-state index >= 15 is 0 Å². The maximum absolute atomic E-state index is 12.5. The molecular weight excluding hydrogens is 368 g/mol. The predicted octanol–water partition coefficient (Wildman–Crippen LogP) is -0.895. The number of rotatable bonds is 10. The highest BCUT2D eigenvalue weighted by atomic mass is 32.3. The van der Waals surface area contributed by atoms with Crippen molar-refractivity contribution in [2.45, 2.75) is 18.7 Å². The standard InChI is InChI=1S/C15H24N2O6S2/c1-4-16(5-2)11-12-23-15(18)13-17(24(3,19)20)25(21,22)14-9-7-6-8-10-14/h6-10H,4-5,11-13H2,1-3H3/p+1. The summed E-state index contributed by atoms with van der Waals surface area (Å²) in [5.74, 6) is -0.906. The number of sulfonamides is 2. The number of nitrogens with one attached hydrogen (secondary N) is 1. The normalized spacial score (nSPS) is 12.5. The average molecular weight is 394 g/mol. The molecule has 0 atom stereocenters. The maximum atomic E-state index is 12.5. The summed E-state index contributed by atoms with van der Waals surface area (Å²) >= 11 is 0. The lowest BCUT2D eigenvalue weighted by atomic mass is 10.4. The Labute approximate surface area is 149 Å². The van der Waals surface area contributed by atoms with E-state index in [0.717, 1.165) is 19.3 Å². The first-order valence-corrected chi connectivity index (χ1v) is 11.2. The average Bonchev–Trinajstić information content (AvgIpc) is 2.56. The van der Waals surface area contributed by atoms with Crippen molar-refractivity contribution in [3.8, 4) is 0 Å². The van der Waals surface area contributed by atoms with Gasteiger partial charge in [-0.1, -0.05) is 21.9 Å². The van der Waals surface area contributed by atoms with Gasteiger partial charge in [0.15, 0.2) is 0 Å². The van der Waals surface area contributed by atoms with Crippen LogP contribution in [0.3, 0.4) is 0 Å². The molecule has 0 saturated heterocycles. The lowest BCUT2D eigenvalue weighted by Gasteiger charge is -2.19. The minimum atomic E-state index is -4.37. The van der Waals surface area contributed by atoms with Gasteiger partial charge >= 0.3 is 5.97 Å². The molecule has 142 valence electrons. The molecule has 1 aromatic rings. The van der Waals surface area contributed by atoms with Crippen molar-refractivity contribution in [1.29, 1.82) is 0 Å². The second-order valence-corrected chi connectivity index (χ2v) is 9.44. The summed E-state index contributed by atoms with van der Waals surface area (Å²) in [7, 11) is -8.54. The Morgan fingerprint density at radius 3 is 2.12 bits per heavy atom. The van der Waals surface area contributed by atoms with Gasteiger partial charge in [0.2, 0.25) is 10.0 Å². The fourth-order valence-electron chi connectivity index (χ4n) is 2.15. The van der Waals surface area contributed by atoms with Crippen molar-refractivity contribution in [2.75, 3.05) is 39.0 Å². The van der Waals surface area contributed by atoms with E-state index in [9.17, 15) is 21.6 Å². The molecule has 1 aromatic carbocycles. The van der Waals surface area contributed by atoms with Crippen LogP contribution < -0.4 is 4.90 Å². The number of likely N-dealkylation sites (N-methyl/N-ethyl adjacent to an activating group) is 1. The Kier molecular flexibility index (Phi) is 8.00. The van der Waals surface area contributed by atoms with Gasteiger partial charge in [-0.25, -0.2) is 16.8 Å². The third-order valence-corrected chi connectivity index (χ3v) is 7.46. The summed E-state index contributed by atoms with van der Waals surface area (Å²) in [6, 6.07) is 7.08. The quantitative estimate of drug-likeness (QED) is 0.517. The minimum Gasteiger partial charge on any atom is -0.459 e. The molecule has 0 amide bonds. The van der Waals surface area contributed by atoms with E-state index in [2.05, 4.69) is 0 Å². The van der Waals surface area contributed by atoms with Crippen molar-refractivity contribution in [1.82, 2.24) is 3.71 Å². The molecule has 25 heavy (non-hydrogen) atoms. The third-order valence-electron chi connectivity index (χ3n) is 3.66. The molecule has 0 spiro atoms. The number of quaternary nitrogens is 1. The SMILES string of the molecule is CC[NH+](CC)CCOC(=O)CN(S(C)(=O)=O)S(=O)(=O)c1ccccc1. The molecule has 1 N–H and O–H groups in total. The molecule has 0 unspecified atom stereocenters. The summed E-state index contributed by atoms with van der Waals surface area (Å²) in [5, 5.41) is 0. The van der Waals surface area contributed by atoms with Gasteiger partial charge in [0.25, 0.3) is 10.0 Å². The van der Waals surface area contributed by atoms with E-state index < -0.39 is 32.6 Å². The van der Waals surface area contributed by atoms with Crippen LogP contribution in [0.2, 0.25) is 0 Å². The van der Waals surface area contributed by atoms with Gasteiger partial charge in [-0.15, -0.1) is 0 Å². The van der Waals surface area contributed by atoms with Crippen molar-refractivity contribution in [3.63, 3.8) is 0 Å². The van der Waals surface area contributed by atoms with E-state index in [1.165, 1.54) is 29.2 Å². The highest BCUT2D eigenvalue weighted by Crippen LogP contribution is 2.18. The molecule has 0 aliphatic carbocycles. The molecule has 0 fully saturated rings. The number of hydrogen-bond acceptors (Lipinski definition) is 6. The molecule has 0 bridgehead atoms. The first kappa shape index (κ1) is 21.6. The molecular formula is C15H25N2O6S2+. The van der Waals surface area contributed by atoms with E-state index in [4.69, 9.17) is 4.74 Å². The molecule has 0 aliphatic heterocycles. The van der Waals surface area contributed by atoms with Crippen LogP contribution in [0.1, 0.15) is 13.8 Å². The molecule has 1 rings (SSSR count). The Balaban J connectivity index is 2.87. The first-order chi connectivity index (χ1) is 11.6. The zero-order valence-electron chi connectivity index (χ0n) is 14.6. The summed E-state index contributed by atoms with van der Waals surface area (Å²) < 4.78 is 54.0. The topological polar surface area (TPSA) is 102 Å². The van der Waals surface area contributed by atoms with Crippen LogP contribution in [0.4, 0.5) is 0 Å². The van der Waals surface area contributed by atoms with Crippen molar-refractivity contribution in [2.24, 2.45) is 0 Å². The Morgan fingerprint density at radius 1 is 1.08 bits per heavy atom. The molecule has 0 heterocycles. The van der Waals surface area contributed by atoms with Crippen molar-refractivity contribution >= 4 is 26.0 Å². The monoisotopic (exact) mass is 393 g/mol. The number of benzene rings is 1. The Morgan fingerprint density at radius 2 is 1.64 bits per heavy atom. The number of esters is 1. The van der Waals surface area contributed by atoms with Gasteiger partial charge in [0.1, 0.15) is 19.7 Å². The van der Waals surface area contributed by atoms with E-state index in [1.54, 1.807) is 6.07 Å². The van der Waals surface area contributed by atoms with Gasteiger partial charge in [0, 0.05) is 0 Å². The highest BCUT2D eigenvalue weighted by Gasteiger charge is 2.34. The first-order valence-electron chi connectivity index (χ1n) is 7.90. The van der Waals surface area contributed by atoms with Gasteiger partial charge < -0.3 is 9.64 Å². The van der Waals surface area contributed by atoms with Crippen LogP contribution in [0.25, 0.3) is 0 Å². The van der Waals surface area contributed by atoms with Crippen LogP contribution in [0.5, 0.6) is 0 Å². The van der Waals surface area contributed by atoms with Gasteiger partial charge in [-0.3, -0.25) is 4.79 Å². The highest BCUT2D eigenvalue weighted by molar-refractivity contribution is 8.03. The Hall–Kier alpha value is -1.49. The van der Waals surface area contributed by atoms with Crippen LogP contribution in [0.15, 0.2) is 35.2 Å². The third kappa shape index (κ3) is 6.38. The van der Waals surface area contributed by atoms with E-state index in [-0.39, 0.29) is 15.2 Å². The second kappa shape index (κ2) is 9.27. The van der Waals surface area contributed by atoms with Crippen LogP contribution in [-0.2, 0) is 29.6 Å². The fraction of sp³-hybridized carbons (Fsp3) is 0.533. The molecule has 0 aliphatic rings. The van der Waals surface area contributed by atoms with Gasteiger partial charge in [-0.2, -0.15) is 0 Å². The molecule has 10 heteroatoms. The smallest absolute Gasteiger partial charge is 0.322 e. The molecule has 8 nitrogen and oxygen atoms in total. The van der Waals surface area contributed by atoms with Crippen LogP contribution >= 0.6 is 0 Å². The van der Waals surface area contributed by atoms with E-state index in [1.807, 2.05) is 13.8 Å². The largest absolute Gasteiger partial charge is 0.459 e. The van der Waals surface area contributed by atoms with E-state index in [0.29, 0.717) is 6.54 Å². The maximum Gasteiger partial charge on any atom is 0.322 e. The summed E-state index contributed by atoms with van der Waals surface area (Å²) in [6.07, 6.45) is 0.737.